The van der Waals surface area contributed by atoms with E-state index in [1.54, 1.807) is 0 Å². The van der Waals surface area contributed by atoms with Crippen LogP contribution in [0.2, 0.25) is 0 Å². The zero-order chi connectivity index (χ0) is 5.98. The van der Waals surface area contributed by atoms with Crippen molar-refractivity contribution in [2.24, 2.45) is 0 Å². The molecule has 0 radical (unpaired) electrons. The number of nitrogens with zero attached hydrogens (tertiary/aromatic N) is 1. The summed E-state index contributed by atoms with van der Waals surface area (Å²) in [4.78, 5) is 11.9. The second-order valence-corrected chi connectivity index (χ2v) is 2.02. The van der Waals surface area contributed by atoms with Gasteiger partial charge in [-0.1, -0.05) is 0 Å². The summed E-state index contributed by atoms with van der Waals surface area (Å²) in [6.45, 7) is 2.15. The predicted molar refractivity (Wildman–Crippen MR) is 28.7 cm³/mol. The van der Waals surface area contributed by atoms with E-state index in [-0.39, 0.29) is 6.54 Å². The third kappa shape index (κ3) is 1.20. The largest absolute Gasteiger partial charge is 0.480 e. The summed E-state index contributed by atoms with van der Waals surface area (Å²) in [5.74, 6) is -0.718. The molecule has 0 atom stereocenters. The maximum absolute atomic E-state index is 9.96. The Kier molecular flexibility index (Phi) is 1.48. The fourth-order valence-corrected chi connectivity index (χ4v) is 0.731. The second-order valence-electron chi connectivity index (χ2n) is 2.02. The van der Waals surface area contributed by atoms with Crippen molar-refractivity contribution in [1.29, 1.82) is 0 Å². The van der Waals surface area contributed by atoms with Gasteiger partial charge in [-0.2, -0.15) is 0 Å². The summed E-state index contributed by atoms with van der Waals surface area (Å²) >= 11 is 0. The summed E-state index contributed by atoms with van der Waals surface area (Å²) in [5, 5.41) is 8.21. The van der Waals surface area contributed by atoms with Gasteiger partial charge in [-0.15, -0.1) is 0 Å². The molecule has 1 N–H and O–H groups in total. The average Bonchev–Trinajstić information content (AvgIpc) is 1.55. The SMILES string of the molecule is O=C(O)CN1CCC1. The number of likely N-dealkylation sites (tertiary alicyclic amines) is 1. The highest BCUT2D eigenvalue weighted by Crippen LogP contribution is 2.03. The van der Waals surface area contributed by atoms with E-state index in [1.807, 2.05) is 4.90 Å². The van der Waals surface area contributed by atoms with E-state index in [1.165, 1.54) is 0 Å². The molecule has 0 unspecified atom stereocenters. The van der Waals surface area contributed by atoms with Crippen molar-refractivity contribution in [3.63, 3.8) is 0 Å². The van der Waals surface area contributed by atoms with Crippen LogP contribution in [-0.2, 0) is 4.79 Å². The van der Waals surface area contributed by atoms with Gasteiger partial charge in [-0.3, -0.25) is 9.69 Å². The minimum Gasteiger partial charge on any atom is -0.480 e. The van der Waals surface area contributed by atoms with E-state index in [0.717, 1.165) is 19.5 Å². The molecule has 1 aliphatic rings. The molecule has 3 nitrogen and oxygen atoms in total. The lowest BCUT2D eigenvalue weighted by Gasteiger charge is -2.28. The minimum absolute atomic E-state index is 0.222. The van der Waals surface area contributed by atoms with Crippen molar-refractivity contribution in [1.82, 2.24) is 4.90 Å². The Hall–Kier alpha value is -0.570. The zero-order valence-electron chi connectivity index (χ0n) is 4.63. The van der Waals surface area contributed by atoms with Crippen LogP contribution in [0.5, 0.6) is 0 Å². The summed E-state index contributed by atoms with van der Waals surface area (Å²) < 4.78 is 0. The average molecular weight is 115 g/mol. The molecule has 1 heterocycles. The van der Waals surface area contributed by atoms with Gasteiger partial charge in [0, 0.05) is 0 Å². The van der Waals surface area contributed by atoms with Crippen molar-refractivity contribution < 1.29 is 9.90 Å². The third-order valence-electron chi connectivity index (χ3n) is 1.31. The molecule has 1 fully saturated rings. The number of hydrogen-bond donors (Lipinski definition) is 1. The lowest BCUT2D eigenvalue weighted by atomic mass is 10.2. The maximum Gasteiger partial charge on any atom is 0.317 e. The Labute approximate surface area is 47.9 Å². The first-order valence-corrected chi connectivity index (χ1v) is 2.73. The fraction of sp³-hybridized carbons (Fsp3) is 0.800. The van der Waals surface area contributed by atoms with Gasteiger partial charge in [0.1, 0.15) is 0 Å². The Balaban J connectivity index is 2.09. The predicted octanol–water partition coefficient (Wildman–Crippen LogP) is -0.223. The first kappa shape index (κ1) is 5.56. The molecule has 0 amide bonds. The Bertz CT molecular complexity index is 98.6. The van der Waals surface area contributed by atoms with Crippen LogP contribution in [0.4, 0.5) is 0 Å². The summed E-state index contributed by atoms with van der Waals surface area (Å²) in [6.07, 6.45) is 1.16. The molecular formula is C5H9NO2. The molecular weight excluding hydrogens is 106 g/mol. The Morgan fingerprint density at radius 2 is 2.25 bits per heavy atom. The number of carbonyl (C=O) groups is 1. The standard InChI is InChI=1S/C5H9NO2/c7-5(8)4-6-2-1-3-6/h1-4H2,(H,7,8). The molecule has 0 aromatic rings. The van der Waals surface area contributed by atoms with E-state index < -0.39 is 5.97 Å². The molecule has 0 aromatic carbocycles. The van der Waals surface area contributed by atoms with Crippen LogP contribution < -0.4 is 0 Å². The highest BCUT2D eigenvalue weighted by molar-refractivity contribution is 5.69. The molecule has 3 heteroatoms. The van der Waals surface area contributed by atoms with Crippen molar-refractivity contribution in [3.05, 3.63) is 0 Å². The quantitative estimate of drug-likeness (QED) is 0.540. The molecule has 0 saturated carbocycles. The number of hydrogen-bond acceptors (Lipinski definition) is 2. The first-order chi connectivity index (χ1) is 3.79. The molecule has 0 aliphatic carbocycles. The van der Waals surface area contributed by atoms with Crippen LogP contribution in [0.15, 0.2) is 0 Å². The Morgan fingerprint density at radius 3 is 2.38 bits per heavy atom. The summed E-state index contributed by atoms with van der Waals surface area (Å²) in [5.41, 5.74) is 0. The van der Waals surface area contributed by atoms with Gasteiger partial charge in [-0.25, -0.2) is 0 Å². The van der Waals surface area contributed by atoms with Gasteiger partial charge < -0.3 is 5.11 Å². The molecule has 0 aromatic heterocycles. The normalized spacial score (nSPS) is 20.0. The fourth-order valence-electron chi connectivity index (χ4n) is 0.731. The number of aliphatic carboxylic acids is 1. The van der Waals surface area contributed by atoms with Crippen LogP contribution in [0.1, 0.15) is 6.42 Å². The van der Waals surface area contributed by atoms with E-state index in [4.69, 9.17) is 5.11 Å². The smallest absolute Gasteiger partial charge is 0.317 e. The van der Waals surface area contributed by atoms with E-state index in [9.17, 15) is 4.79 Å². The van der Waals surface area contributed by atoms with Crippen LogP contribution >= 0.6 is 0 Å². The minimum atomic E-state index is -0.718. The monoisotopic (exact) mass is 115 g/mol. The van der Waals surface area contributed by atoms with Gasteiger partial charge in [0.25, 0.3) is 0 Å². The molecule has 0 bridgehead atoms. The van der Waals surface area contributed by atoms with Crippen LogP contribution in [0.25, 0.3) is 0 Å². The Morgan fingerprint density at radius 1 is 1.62 bits per heavy atom. The van der Waals surface area contributed by atoms with Gasteiger partial charge in [0.15, 0.2) is 0 Å². The highest BCUT2D eigenvalue weighted by atomic mass is 16.4. The van der Waals surface area contributed by atoms with Crippen molar-refractivity contribution in [3.8, 4) is 0 Å². The molecule has 0 spiro atoms. The van der Waals surface area contributed by atoms with Crippen molar-refractivity contribution in [2.45, 2.75) is 6.42 Å². The summed E-state index contributed by atoms with van der Waals surface area (Å²) in [7, 11) is 0. The highest BCUT2D eigenvalue weighted by Gasteiger charge is 2.15. The molecule has 1 rings (SSSR count). The number of carboxylic acids is 1. The van der Waals surface area contributed by atoms with Gasteiger partial charge in [0.2, 0.25) is 0 Å². The summed E-state index contributed by atoms with van der Waals surface area (Å²) in [6, 6.07) is 0. The van der Waals surface area contributed by atoms with E-state index in [2.05, 4.69) is 0 Å². The lowest BCUT2D eigenvalue weighted by Crippen LogP contribution is -2.40. The second kappa shape index (κ2) is 2.13. The number of carboxylic acid groups (broad SMARTS) is 1. The molecule has 8 heavy (non-hydrogen) atoms. The number of rotatable bonds is 2. The van der Waals surface area contributed by atoms with Crippen LogP contribution in [0, 0.1) is 0 Å². The van der Waals surface area contributed by atoms with E-state index in [0.29, 0.717) is 0 Å². The third-order valence-corrected chi connectivity index (χ3v) is 1.31. The first-order valence-electron chi connectivity index (χ1n) is 2.73. The van der Waals surface area contributed by atoms with Crippen LogP contribution in [0.3, 0.4) is 0 Å². The molecule has 46 valence electrons. The van der Waals surface area contributed by atoms with Gasteiger partial charge in [0.05, 0.1) is 6.54 Å². The molecule has 1 aliphatic heterocycles. The zero-order valence-corrected chi connectivity index (χ0v) is 4.63. The van der Waals surface area contributed by atoms with Gasteiger partial charge in [-0.05, 0) is 19.5 Å². The van der Waals surface area contributed by atoms with Gasteiger partial charge >= 0.3 is 5.97 Å². The van der Waals surface area contributed by atoms with E-state index >= 15 is 0 Å². The van der Waals surface area contributed by atoms with Crippen molar-refractivity contribution in [2.75, 3.05) is 19.6 Å². The van der Waals surface area contributed by atoms with Crippen molar-refractivity contribution >= 4 is 5.97 Å². The maximum atomic E-state index is 9.96. The van der Waals surface area contributed by atoms with Crippen LogP contribution in [-0.4, -0.2) is 35.6 Å². The molecule has 1 saturated heterocycles. The lowest BCUT2D eigenvalue weighted by molar-refractivity contribution is -0.139. The topological polar surface area (TPSA) is 40.5 Å².